The first-order valence-corrected chi connectivity index (χ1v) is 10.5. The molecule has 26 heavy (non-hydrogen) atoms. The van der Waals surface area contributed by atoms with Crippen molar-refractivity contribution in [3.8, 4) is 5.75 Å². The third-order valence-corrected chi connectivity index (χ3v) is 7.05. The van der Waals surface area contributed by atoms with Crippen LogP contribution < -0.4 is 10.1 Å². The summed E-state index contributed by atoms with van der Waals surface area (Å²) in [6.07, 6.45) is 0. The molecule has 0 atom stereocenters. The van der Waals surface area contributed by atoms with E-state index < -0.39 is 5.54 Å². The number of hydrogen-bond donors (Lipinski definition) is 1. The van der Waals surface area contributed by atoms with Crippen LogP contribution in [0.5, 0.6) is 5.75 Å². The molecule has 138 valence electrons. The van der Waals surface area contributed by atoms with E-state index in [1.807, 2.05) is 30.5 Å². The number of ether oxygens (including phenoxy) is 2. The van der Waals surface area contributed by atoms with Crippen LogP contribution in [-0.2, 0) is 9.53 Å². The highest BCUT2D eigenvalue weighted by atomic mass is 32.2. The van der Waals surface area contributed by atoms with Gasteiger partial charge >= 0.3 is 5.97 Å². The van der Waals surface area contributed by atoms with Crippen LogP contribution in [0, 0.1) is 0 Å². The van der Waals surface area contributed by atoms with Crippen LogP contribution in [0.3, 0.4) is 0 Å². The minimum atomic E-state index is -0.397. The highest BCUT2D eigenvalue weighted by Crippen LogP contribution is 2.52. The van der Waals surface area contributed by atoms with Gasteiger partial charge in [-0.1, -0.05) is 47.9 Å². The number of hydrogen-bond acceptors (Lipinski definition) is 7. The predicted molar refractivity (Wildman–Crippen MR) is 115 cm³/mol. The molecule has 4 nitrogen and oxygen atoms in total. The van der Waals surface area contributed by atoms with Crippen molar-refractivity contribution in [3.63, 3.8) is 0 Å². The van der Waals surface area contributed by atoms with Gasteiger partial charge in [-0.15, -0.1) is 0 Å². The third-order valence-electron chi connectivity index (χ3n) is 3.98. The number of benzene rings is 1. The standard InChI is InChI=1S/C19H21NO3S3/c1-5-22-12-9-7-8-11-14(16(24)19(3,4)20-15(11)12)18-25-10-13(26-18)17(21)23-6-2/h7-10,20H,5-6H2,1-4H3/b18-14-. The van der Waals surface area contributed by atoms with Gasteiger partial charge in [0.25, 0.3) is 0 Å². The van der Waals surface area contributed by atoms with Crippen molar-refractivity contribution in [2.45, 2.75) is 33.2 Å². The molecule has 7 heteroatoms. The van der Waals surface area contributed by atoms with Gasteiger partial charge in [0.2, 0.25) is 0 Å². The molecular weight excluding hydrogens is 386 g/mol. The summed E-state index contributed by atoms with van der Waals surface area (Å²) in [5, 5.41) is 5.36. The van der Waals surface area contributed by atoms with Crippen molar-refractivity contribution < 1.29 is 14.3 Å². The minimum absolute atomic E-state index is 0.289. The van der Waals surface area contributed by atoms with Crippen LogP contribution in [-0.4, -0.2) is 29.6 Å². The van der Waals surface area contributed by atoms with Gasteiger partial charge in [0.15, 0.2) is 0 Å². The van der Waals surface area contributed by atoms with Crippen molar-refractivity contribution in [1.29, 1.82) is 0 Å². The van der Waals surface area contributed by atoms with Crippen LogP contribution in [0.2, 0.25) is 0 Å². The molecule has 2 aliphatic rings. The summed E-state index contributed by atoms with van der Waals surface area (Å²) in [5.74, 6) is 0.522. The molecular formula is C19H21NO3S3. The fourth-order valence-electron chi connectivity index (χ4n) is 2.81. The smallest absolute Gasteiger partial charge is 0.345 e. The minimum Gasteiger partial charge on any atom is -0.492 e. The van der Waals surface area contributed by atoms with Crippen LogP contribution in [0.15, 0.2) is 32.7 Å². The molecule has 0 aliphatic carbocycles. The maximum atomic E-state index is 12.1. The van der Waals surface area contributed by atoms with Gasteiger partial charge in [-0.3, -0.25) is 0 Å². The Bertz CT molecular complexity index is 827. The lowest BCUT2D eigenvalue weighted by molar-refractivity contribution is -0.137. The van der Waals surface area contributed by atoms with Crippen molar-refractivity contribution >= 4 is 57.8 Å². The number of carbonyl (C=O) groups is 1. The number of thioether (sulfide) groups is 2. The second kappa shape index (κ2) is 7.66. The lowest BCUT2D eigenvalue weighted by atomic mass is 9.85. The molecule has 0 bridgehead atoms. The summed E-state index contributed by atoms with van der Waals surface area (Å²) in [6.45, 7) is 8.85. The Hall–Kier alpha value is -1.44. The first kappa shape index (κ1) is 19.3. The molecule has 1 aromatic rings. The van der Waals surface area contributed by atoms with E-state index in [-0.39, 0.29) is 5.97 Å². The predicted octanol–water partition coefficient (Wildman–Crippen LogP) is 5.21. The molecule has 1 N–H and O–H groups in total. The maximum Gasteiger partial charge on any atom is 0.345 e. The number of rotatable bonds is 4. The topological polar surface area (TPSA) is 47.6 Å². The maximum absolute atomic E-state index is 12.1. The first-order valence-electron chi connectivity index (χ1n) is 8.44. The Labute approximate surface area is 167 Å². The van der Waals surface area contributed by atoms with Gasteiger partial charge in [-0.25, -0.2) is 4.79 Å². The Morgan fingerprint density at radius 3 is 2.73 bits per heavy atom. The van der Waals surface area contributed by atoms with Gasteiger partial charge in [0.1, 0.15) is 10.7 Å². The summed E-state index contributed by atoms with van der Waals surface area (Å²) in [5.41, 5.74) is 2.55. The normalized spacial score (nSPS) is 20.9. The van der Waals surface area contributed by atoms with E-state index in [4.69, 9.17) is 21.7 Å². The quantitative estimate of drug-likeness (QED) is 0.417. The summed E-state index contributed by atoms with van der Waals surface area (Å²) < 4.78 is 11.9. The molecule has 3 rings (SSSR count). The fraction of sp³-hybridized carbons (Fsp3) is 0.368. The number of fused-ring (bicyclic) bond motifs is 1. The van der Waals surface area contributed by atoms with E-state index in [1.165, 1.54) is 23.5 Å². The largest absolute Gasteiger partial charge is 0.492 e. The van der Waals surface area contributed by atoms with E-state index in [2.05, 4.69) is 19.2 Å². The molecule has 0 spiro atoms. The number of para-hydroxylation sites is 1. The van der Waals surface area contributed by atoms with E-state index in [0.717, 1.165) is 31.7 Å². The highest BCUT2D eigenvalue weighted by Gasteiger charge is 2.38. The fourth-order valence-corrected chi connectivity index (χ4v) is 5.44. The van der Waals surface area contributed by atoms with Crippen LogP contribution in [0.4, 0.5) is 5.69 Å². The molecule has 2 aliphatic heterocycles. The second-order valence-electron chi connectivity index (χ2n) is 6.28. The summed E-state index contributed by atoms with van der Waals surface area (Å²) in [7, 11) is 0. The molecule has 0 amide bonds. The average Bonchev–Trinajstić information content (AvgIpc) is 3.07. The van der Waals surface area contributed by atoms with Crippen molar-refractivity contribution in [3.05, 3.63) is 38.3 Å². The van der Waals surface area contributed by atoms with Gasteiger partial charge in [-0.2, -0.15) is 0 Å². The van der Waals surface area contributed by atoms with E-state index in [9.17, 15) is 4.79 Å². The molecule has 0 saturated carbocycles. The van der Waals surface area contributed by atoms with Crippen LogP contribution >= 0.6 is 35.7 Å². The van der Waals surface area contributed by atoms with Crippen LogP contribution in [0.25, 0.3) is 5.57 Å². The van der Waals surface area contributed by atoms with E-state index >= 15 is 0 Å². The van der Waals surface area contributed by atoms with Crippen LogP contribution in [0.1, 0.15) is 33.3 Å². The molecule has 0 unspecified atom stereocenters. The molecule has 0 aromatic heterocycles. The van der Waals surface area contributed by atoms with Gasteiger partial charge in [0.05, 0.1) is 28.7 Å². The van der Waals surface area contributed by atoms with Crippen molar-refractivity contribution in [1.82, 2.24) is 0 Å². The summed E-state index contributed by atoms with van der Waals surface area (Å²) in [4.78, 5) is 13.5. The first-order chi connectivity index (χ1) is 12.4. The van der Waals surface area contributed by atoms with Gasteiger partial charge in [0, 0.05) is 16.0 Å². The lowest BCUT2D eigenvalue weighted by Gasteiger charge is -2.37. The van der Waals surface area contributed by atoms with E-state index in [1.54, 1.807) is 6.92 Å². The molecule has 0 radical (unpaired) electrons. The zero-order valence-corrected chi connectivity index (χ0v) is 17.6. The molecule has 0 saturated heterocycles. The number of nitrogens with one attached hydrogen (secondary N) is 1. The SMILES string of the molecule is CCOC(=O)C1=CS/C(=C2/C(=S)C(C)(C)Nc3c(OCC)cccc32)S1. The number of thiocarbonyl (C=S) groups is 1. The summed E-state index contributed by atoms with van der Waals surface area (Å²) in [6, 6.07) is 5.97. The van der Waals surface area contributed by atoms with Crippen molar-refractivity contribution in [2.24, 2.45) is 0 Å². The summed E-state index contributed by atoms with van der Waals surface area (Å²) >= 11 is 8.76. The monoisotopic (exact) mass is 407 g/mol. The average molecular weight is 408 g/mol. The number of anilines is 1. The Balaban J connectivity index is 2.07. The third kappa shape index (κ3) is 3.52. The zero-order chi connectivity index (χ0) is 18.9. The van der Waals surface area contributed by atoms with Gasteiger partial charge in [-0.05, 0) is 39.2 Å². The van der Waals surface area contributed by atoms with Gasteiger partial charge < -0.3 is 14.8 Å². The Kier molecular flexibility index (Phi) is 5.69. The Morgan fingerprint density at radius 1 is 1.27 bits per heavy atom. The highest BCUT2D eigenvalue weighted by molar-refractivity contribution is 8.28. The van der Waals surface area contributed by atoms with E-state index in [0.29, 0.717) is 18.1 Å². The number of esters is 1. The molecule has 0 fully saturated rings. The number of carbonyl (C=O) groups excluding carboxylic acids is 1. The molecule has 2 heterocycles. The lowest BCUT2D eigenvalue weighted by Crippen LogP contribution is -2.43. The zero-order valence-electron chi connectivity index (χ0n) is 15.2. The second-order valence-corrected chi connectivity index (χ2v) is 8.87. The Morgan fingerprint density at radius 2 is 2.04 bits per heavy atom. The van der Waals surface area contributed by atoms with Crippen molar-refractivity contribution in [2.75, 3.05) is 18.5 Å². The molecule has 1 aromatic carbocycles.